The van der Waals surface area contributed by atoms with Crippen LogP contribution in [0.4, 0.5) is 0 Å². The smallest absolute Gasteiger partial charge is 0.0676 e. The van der Waals surface area contributed by atoms with Gasteiger partial charge in [0.25, 0.3) is 0 Å². The van der Waals surface area contributed by atoms with Crippen LogP contribution in [-0.2, 0) is 0 Å². The van der Waals surface area contributed by atoms with E-state index in [4.69, 9.17) is 0 Å². The first-order valence-electron chi connectivity index (χ1n) is 9.02. The quantitative estimate of drug-likeness (QED) is 0.761. The molecule has 0 aliphatic rings. The van der Waals surface area contributed by atoms with Crippen LogP contribution in [0.25, 0.3) is 0 Å². The summed E-state index contributed by atoms with van der Waals surface area (Å²) in [6.07, 6.45) is 0.393. The topological polar surface area (TPSA) is 23.5 Å². The fourth-order valence-electron chi connectivity index (χ4n) is 3.44. The van der Waals surface area contributed by atoms with Crippen molar-refractivity contribution in [3.8, 4) is 0 Å². The van der Waals surface area contributed by atoms with Crippen molar-refractivity contribution in [2.45, 2.75) is 58.2 Å². The lowest BCUT2D eigenvalue weighted by molar-refractivity contribution is 0.0683. The molecule has 2 rings (SSSR count). The molecule has 0 aliphatic carbocycles. The average Bonchev–Trinajstić information content (AvgIpc) is 2.58. The van der Waals surface area contributed by atoms with Gasteiger partial charge in [-0.3, -0.25) is 4.90 Å². The molecule has 2 aromatic carbocycles. The van der Waals surface area contributed by atoms with Gasteiger partial charge in [0.2, 0.25) is 0 Å². The SMILES string of the molecule is CC(C)N(CC(O)CC(c1ccccc1)c1ccccc1)C(C)C. The van der Waals surface area contributed by atoms with Crippen LogP contribution in [0.1, 0.15) is 51.2 Å². The predicted molar refractivity (Wildman–Crippen MR) is 102 cm³/mol. The van der Waals surface area contributed by atoms with E-state index < -0.39 is 0 Å². The zero-order valence-corrected chi connectivity index (χ0v) is 15.4. The lowest BCUT2D eigenvalue weighted by Crippen LogP contribution is -2.42. The number of rotatable bonds is 8. The highest BCUT2D eigenvalue weighted by Gasteiger charge is 2.22. The Morgan fingerprint density at radius 2 is 1.17 bits per heavy atom. The van der Waals surface area contributed by atoms with Gasteiger partial charge in [0.05, 0.1) is 6.10 Å². The molecule has 0 fully saturated rings. The van der Waals surface area contributed by atoms with Gasteiger partial charge in [-0.2, -0.15) is 0 Å². The summed E-state index contributed by atoms with van der Waals surface area (Å²) in [5.41, 5.74) is 2.53. The summed E-state index contributed by atoms with van der Waals surface area (Å²) in [7, 11) is 0. The zero-order valence-electron chi connectivity index (χ0n) is 15.4. The number of benzene rings is 2. The van der Waals surface area contributed by atoms with Crippen molar-refractivity contribution in [3.05, 3.63) is 71.8 Å². The second-order valence-corrected chi connectivity index (χ2v) is 7.15. The van der Waals surface area contributed by atoms with Crippen LogP contribution in [0, 0.1) is 0 Å². The average molecular weight is 325 g/mol. The first kappa shape index (κ1) is 18.7. The monoisotopic (exact) mass is 325 g/mol. The van der Waals surface area contributed by atoms with E-state index in [1.54, 1.807) is 0 Å². The largest absolute Gasteiger partial charge is 0.392 e. The number of aliphatic hydroxyl groups is 1. The first-order chi connectivity index (χ1) is 11.5. The molecule has 1 N–H and O–H groups in total. The molecule has 0 aromatic heterocycles. The van der Waals surface area contributed by atoms with E-state index in [-0.39, 0.29) is 12.0 Å². The van der Waals surface area contributed by atoms with Gasteiger partial charge >= 0.3 is 0 Å². The van der Waals surface area contributed by atoms with Crippen LogP contribution in [0.15, 0.2) is 60.7 Å². The van der Waals surface area contributed by atoms with Crippen molar-refractivity contribution in [1.82, 2.24) is 4.90 Å². The van der Waals surface area contributed by atoms with Crippen molar-refractivity contribution in [1.29, 1.82) is 0 Å². The lowest BCUT2D eigenvalue weighted by Gasteiger charge is -2.33. The zero-order chi connectivity index (χ0) is 17.5. The van der Waals surface area contributed by atoms with Gasteiger partial charge in [0.15, 0.2) is 0 Å². The second-order valence-electron chi connectivity index (χ2n) is 7.15. The van der Waals surface area contributed by atoms with E-state index in [1.165, 1.54) is 11.1 Å². The highest BCUT2D eigenvalue weighted by atomic mass is 16.3. The molecule has 0 saturated carbocycles. The molecule has 0 aliphatic heterocycles. The Morgan fingerprint density at radius 1 is 0.750 bits per heavy atom. The van der Waals surface area contributed by atoms with Crippen LogP contribution in [0.5, 0.6) is 0 Å². The molecular formula is C22H31NO. The van der Waals surface area contributed by atoms with Gasteiger partial charge in [-0.05, 0) is 45.2 Å². The van der Waals surface area contributed by atoms with Crippen LogP contribution in [0.3, 0.4) is 0 Å². The van der Waals surface area contributed by atoms with Crippen LogP contribution in [-0.4, -0.2) is 34.7 Å². The Labute approximate surface area is 147 Å². The Bertz CT molecular complexity index is 532. The maximum absolute atomic E-state index is 10.8. The van der Waals surface area contributed by atoms with Crippen LogP contribution >= 0.6 is 0 Å². The molecule has 0 amide bonds. The standard InChI is InChI=1S/C22H31NO/c1-17(2)23(18(3)4)16-21(24)15-22(19-11-7-5-8-12-19)20-13-9-6-10-14-20/h5-14,17-18,21-22,24H,15-16H2,1-4H3. The molecule has 0 bridgehead atoms. The molecule has 1 atom stereocenters. The van der Waals surface area contributed by atoms with Gasteiger partial charge in [-0.15, -0.1) is 0 Å². The molecule has 2 aromatic rings. The fraction of sp³-hybridized carbons (Fsp3) is 0.455. The van der Waals surface area contributed by atoms with Crippen molar-refractivity contribution in [2.75, 3.05) is 6.54 Å². The Hall–Kier alpha value is -1.64. The van der Waals surface area contributed by atoms with Crippen LogP contribution < -0.4 is 0 Å². The minimum atomic E-state index is -0.347. The second kappa shape index (κ2) is 9.00. The summed E-state index contributed by atoms with van der Waals surface area (Å²) in [4.78, 5) is 2.36. The molecule has 0 heterocycles. The predicted octanol–water partition coefficient (Wildman–Crippen LogP) is 4.69. The van der Waals surface area contributed by atoms with Crippen molar-refractivity contribution >= 4 is 0 Å². The molecule has 130 valence electrons. The molecule has 24 heavy (non-hydrogen) atoms. The molecule has 2 nitrogen and oxygen atoms in total. The summed E-state index contributed by atoms with van der Waals surface area (Å²) in [5.74, 6) is 0.226. The highest BCUT2D eigenvalue weighted by Crippen LogP contribution is 2.29. The van der Waals surface area contributed by atoms with Gasteiger partial charge in [-0.1, -0.05) is 60.7 Å². The summed E-state index contributed by atoms with van der Waals surface area (Å²) < 4.78 is 0. The lowest BCUT2D eigenvalue weighted by atomic mass is 9.86. The number of hydrogen-bond acceptors (Lipinski definition) is 2. The summed E-state index contributed by atoms with van der Waals surface area (Å²) in [6.45, 7) is 9.49. The third-order valence-electron chi connectivity index (χ3n) is 4.66. The van der Waals surface area contributed by atoms with E-state index in [0.29, 0.717) is 18.6 Å². The first-order valence-corrected chi connectivity index (χ1v) is 9.02. The van der Waals surface area contributed by atoms with Gasteiger partial charge in [0, 0.05) is 24.5 Å². The molecule has 2 heteroatoms. The van der Waals surface area contributed by atoms with E-state index in [9.17, 15) is 5.11 Å². The van der Waals surface area contributed by atoms with E-state index in [1.807, 2.05) is 12.1 Å². The van der Waals surface area contributed by atoms with Crippen molar-refractivity contribution in [2.24, 2.45) is 0 Å². The maximum Gasteiger partial charge on any atom is 0.0676 e. The van der Waals surface area contributed by atoms with Gasteiger partial charge in [-0.25, -0.2) is 0 Å². The van der Waals surface area contributed by atoms with E-state index in [2.05, 4.69) is 81.1 Å². The molecule has 0 spiro atoms. The number of nitrogens with zero attached hydrogens (tertiary/aromatic N) is 1. The molecular weight excluding hydrogens is 294 g/mol. The molecule has 0 radical (unpaired) electrons. The van der Waals surface area contributed by atoms with Gasteiger partial charge in [0.1, 0.15) is 0 Å². The summed E-state index contributed by atoms with van der Waals surface area (Å²) in [6, 6.07) is 21.9. The van der Waals surface area contributed by atoms with Crippen molar-refractivity contribution < 1.29 is 5.11 Å². The fourth-order valence-corrected chi connectivity index (χ4v) is 3.44. The number of hydrogen-bond donors (Lipinski definition) is 1. The Balaban J connectivity index is 2.17. The minimum Gasteiger partial charge on any atom is -0.392 e. The summed E-state index contributed by atoms with van der Waals surface area (Å²) in [5, 5.41) is 10.8. The third kappa shape index (κ3) is 5.19. The normalized spacial score (nSPS) is 13.2. The van der Waals surface area contributed by atoms with Crippen LogP contribution in [0.2, 0.25) is 0 Å². The Kier molecular flexibility index (Phi) is 7.01. The van der Waals surface area contributed by atoms with Gasteiger partial charge < -0.3 is 5.11 Å². The van der Waals surface area contributed by atoms with E-state index in [0.717, 1.165) is 6.42 Å². The maximum atomic E-state index is 10.8. The minimum absolute atomic E-state index is 0.226. The van der Waals surface area contributed by atoms with E-state index >= 15 is 0 Å². The van der Waals surface area contributed by atoms with Crippen molar-refractivity contribution in [3.63, 3.8) is 0 Å². The summed E-state index contributed by atoms with van der Waals surface area (Å²) >= 11 is 0. The molecule has 1 unspecified atom stereocenters. The Morgan fingerprint density at radius 3 is 1.54 bits per heavy atom. The molecule has 0 saturated heterocycles. The third-order valence-corrected chi connectivity index (χ3v) is 4.66. The number of aliphatic hydroxyl groups excluding tert-OH is 1. The highest BCUT2D eigenvalue weighted by molar-refractivity contribution is 5.32.